The number of nitrogens with one attached hydrogen (secondary N) is 2. The highest BCUT2D eigenvalue weighted by Gasteiger charge is 2.12. The van der Waals surface area contributed by atoms with Crippen LogP contribution in [0.5, 0.6) is 5.75 Å². The third-order valence-electron chi connectivity index (χ3n) is 6.91. The minimum absolute atomic E-state index is 0.188. The number of aromatic nitrogens is 4. The molecular weight excluding hydrogens is 691 g/mol. The molecule has 46 heavy (non-hydrogen) atoms. The van der Waals surface area contributed by atoms with E-state index in [0.29, 0.717) is 30.2 Å². The molecule has 0 bridgehead atoms. The average molecular weight is 718 g/mol. The monoisotopic (exact) mass is 716 g/mol. The molecule has 0 atom stereocenters. The first kappa shape index (κ1) is 31.4. The van der Waals surface area contributed by atoms with E-state index in [-0.39, 0.29) is 23.8 Å². The third kappa shape index (κ3) is 7.80. The van der Waals surface area contributed by atoms with E-state index in [4.69, 9.17) is 9.72 Å². The zero-order chi connectivity index (χ0) is 31.9. The lowest BCUT2D eigenvalue weighted by molar-refractivity contribution is 0.303. The molecule has 0 unspecified atom stereocenters. The molecule has 3 aromatic carbocycles. The van der Waals surface area contributed by atoms with Crippen LogP contribution in [-0.2, 0) is 23.3 Å². The van der Waals surface area contributed by atoms with E-state index >= 15 is 0 Å². The highest BCUT2D eigenvalue weighted by atomic mass is 79.9. The quantitative estimate of drug-likeness (QED) is 0.0820. The maximum Gasteiger partial charge on any atom is 0.220 e. The van der Waals surface area contributed by atoms with E-state index in [1.165, 1.54) is 18.5 Å². The van der Waals surface area contributed by atoms with Gasteiger partial charge >= 0.3 is 0 Å². The predicted molar refractivity (Wildman–Crippen MR) is 183 cm³/mol. The summed E-state index contributed by atoms with van der Waals surface area (Å²) >= 11 is 5.12. The van der Waals surface area contributed by atoms with Crippen molar-refractivity contribution in [1.29, 1.82) is 0 Å². The summed E-state index contributed by atoms with van der Waals surface area (Å²) in [5, 5.41) is 10.3. The maximum atomic E-state index is 13.5. The number of pyridine rings is 1. The van der Waals surface area contributed by atoms with Gasteiger partial charge in [0.15, 0.2) is 0 Å². The molecule has 0 aliphatic carbocycles. The summed E-state index contributed by atoms with van der Waals surface area (Å²) in [6, 6.07) is 23.1. The van der Waals surface area contributed by atoms with Crippen LogP contribution in [0.3, 0.4) is 0 Å². The molecule has 3 heterocycles. The van der Waals surface area contributed by atoms with Gasteiger partial charge in [-0.1, -0.05) is 24.3 Å². The van der Waals surface area contributed by atoms with Gasteiger partial charge in [-0.05, 0) is 76.1 Å². The first-order valence-corrected chi connectivity index (χ1v) is 16.9. The Kier molecular flexibility index (Phi) is 10.0. The fourth-order valence-electron chi connectivity index (χ4n) is 4.65. The molecule has 0 aliphatic rings. The van der Waals surface area contributed by atoms with Crippen LogP contribution >= 0.6 is 27.3 Å². The summed E-state index contributed by atoms with van der Waals surface area (Å²) in [6.45, 7) is 0.990. The van der Waals surface area contributed by atoms with Crippen molar-refractivity contribution >= 4 is 64.8 Å². The number of halogens is 2. The molecule has 0 aliphatic heterocycles. The number of hydrogen-bond acceptors (Lipinski definition) is 10. The first-order valence-electron chi connectivity index (χ1n) is 14.1. The number of anilines is 2. The van der Waals surface area contributed by atoms with Gasteiger partial charge in [-0.15, -0.1) is 11.3 Å². The molecule has 0 saturated heterocycles. The van der Waals surface area contributed by atoms with Crippen LogP contribution < -0.4 is 15.4 Å². The van der Waals surface area contributed by atoms with Gasteiger partial charge in [0.05, 0.1) is 26.4 Å². The van der Waals surface area contributed by atoms with Gasteiger partial charge in [-0.3, -0.25) is 4.98 Å². The fraction of sp³-hybridized carbons (Fsp3) is 0.121. The smallest absolute Gasteiger partial charge is 0.220 e. The lowest BCUT2D eigenvalue weighted by Gasteiger charge is -2.12. The van der Waals surface area contributed by atoms with Gasteiger partial charge in [0.1, 0.15) is 35.2 Å². The molecule has 0 radical (unpaired) electrons. The lowest BCUT2D eigenvalue weighted by atomic mass is 10.1. The zero-order valence-corrected chi connectivity index (χ0v) is 27.4. The minimum atomic E-state index is -2.37. The Morgan fingerprint density at radius 2 is 1.89 bits per heavy atom. The Bertz CT molecular complexity index is 2140. The van der Waals surface area contributed by atoms with Crippen molar-refractivity contribution in [3.05, 3.63) is 123 Å². The van der Waals surface area contributed by atoms with E-state index < -0.39 is 10.3 Å². The Morgan fingerprint density at radius 1 is 0.978 bits per heavy atom. The highest BCUT2D eigenvalue weighted by molar-refractivity contribution is 9.10. The second-order valence-electron chi connectivity index (χ2n) is 10.1. The molecule has 0 saturated carbocycles. The van der Waals surface area contributed by atoms with Crippen LogP contribution in [0.4, 0.5) is 15.9 Å². The molecule has 9 nitrogen and oxygen atoms in total. The number of hydrogen-bond donors (Lipinski definition) is 2. The van der Waals surface area contributed by atoms with Gasteiger partial charge < -0.3 is 15.4 Å². The number of benzene rings is 3. The van der Waals surface area contributed by atoms with E-state index in [0.717, 1.165) is 42.9 Å². The molecule has 2 N–H and O–H groups in total. The lowest BCUT2D eigenvalue weighted by Crippen LogP contribution is -2.26. The van der Waals surface area contributed by atoms with Crippen LogP contribution in [0.1, 0.15) is 16.3 Å². The van der Waals surface area contributed by atoms with Crippen LogP contribution in [0.15, 0.2) is 101 Å². The van der Waals surface area contributed by atoms with Gasteiger partial charge in [0.2, 0.25) is 10.3 Å². The molecular formula is C33H26BrFN6O3S2. The molecule has 6 aromatic rings. The second kappa shape index (κ2) is 14.7. The first-order chi connectivity index (χ1) is 22.4. The SMILES string of the molecule is O=S(=O)=C(CNCCc1nc(-c2ccc3ncnc(Nc4ccc(OCc5cccc(F)c5)c(Br)c4)c3c2)cs1)c1ccccn1. The normalized spacial score (nSPS) is 11.0. The Balaban J connectivity index is 1.11. The van der Waals surface area contributed by atoms with Crippen LogP contribution in [-0.4, -0.2) is 46.3 Å². The Hall–Kier alpha value is -4.56. The Labute approximate surface area is 278 Å². The van der Waals surface area contributed by atoms with Crippen molar-refractivity contribution in [2.45, 2.75) is 13.0 Å². The molecule has 0 spiro atoms. The summed E-state index contributed by atoms with van der Waals surface area (Å²) in [7, 11) is -2.37. The molecule has 13 heteroatoms. The summed E-state index contributed by atoms with van der Waals surface area (Å²) in [4.78, 5) is 18.1. The molecule has 6 rings (SSSR count). The summed E-state index contributed by atoms with van der Waals surface area (Å²) in [5.41, 5.74) is 4.51. The van der Waals surface area contributed by atoms with Gasteiger partial charge in [0.25, 0.3) is 0 Å². The van der Waals surface area contributed by atoms with Crippen molar-refractivity contribution in [2.24, 2.45) is 0 Å². The number of rotatable bonds is 12. The molecule has 232 valence electrons. The van der Waals surface area contributed by atoms with Gasteiger partial charge in [0, 0.05) is 47.7 Å². The van der Waals surface area contributed by atoms with Crippen molar-refractivity contribution in [3.63, 3.8) is 0 Å². The van der Waals surface area contributed by atoms with Crippen molar-refractivity contribution < 1.29 is 17.5 Å². The fourth-order valence-corrected chi connectivity index (χ4v) is 6.47. The summed E-state index contributed by atoms with van der Waals surface area (Å²) < 4.78 is 43.5. The predicted octanol–water partition coefficient (Wildman–Crippen LogP) is 6.60. The number of nitrogens with zero attached hydrogens (tertiary/aromatic N) is 4. The second-order valence-corrected chi connectivity index (χ2v) is 12.8. The Morgan fingerprint density at radius 3 is 2.70 bits per heavy atom. The van der Waals surface area contributed by atoms with Crippen LogP contribution in [0, 0.1) is 5.82 Å². The summed E-state index contributed by atoms with van der Waals surface area (Å²) in [6.07, 6.45) is 3.73. The van der Waals surface area contributed by atoms with E-state index in [9.17, 15) is 12.8 Å². The molecule has 3 aromatic heterocycles. The van der Waals surface area contributed by atoms with Crippen molar-refractivity contribution in [3.8, 4) is 17.0 Å². The van der Waals surface area contributed by atoms with E-state index in [2.05, 4.69) is 41.5 Å². The average Bonchev–Trinajstić information content (AvgIpc) is 3.54. The highest BCUT2D eigenvalue weighted by Crippen LogP contribution is 2.33. The molecule has 0 amide bonds. The minimum Gasteiger partial charge on any atom is -0.488 e. The van der Waals surface area contributed by atoms with Gasteiger partial charge in [-0.2, -0.15) is 8.42 Å². The topological polar surface area (TPSA) is 119 Å². The van der Waals surface area contributed by atoms with Crippen LogP contribution in [0.25, 0.3) is 22.2 Å². The van der Waals surface area contributed by atoms with Gasteiger partial charge in [-0.25, -0.2) is 19.3 Å². The standard InChI is InChI=1S/C33H26BrFN6O3S2/c34-26-16-24(8-10-30(26)44-18-21-4-3-5-23(35)14-21)40-33-25-15-22(7-9-27(25)38-20-39-33)29-19-45-32(41-29)11-13-36-17-31(46(42)43)28-6-1-2-12-37-28/h1-10,12,14-16,19-20,36H,11,13,17-18H2,(H,38,39,40). The number of ether oxygens (including phenoxy) is 1. The maximum absolute atomic E-state index is 13.5. The van der Waals surface area contributed by atoms with E-state index in [1.54, 1.807) is 41.8 Å². The number of thiazole rings is 1. The van der Waals surface area contributed by atoms with E-state index in [1.807, 2.05) is 47.8 Å². The molecule has 0 fully saturated rings. The summed E-state index contributed by atoms with van der Waals surface area (Å²) in [5.74, 6) is 0.972. The number of fused-ring (bicyclic) bond motifs is 1. The third-order valence-corrected chi connectivity index (χ3v) is 9.20. The van der Waals surface area contributed by atoms with Crippen LogP contribution in [0.2, 0.25) is 0 Å². The van der Waals surface area contributed by atoms with Crippen molar-refractivity contribution in [2.75, 3.05) is 18.4 Å². The van der Waals surface area contributed by atoms with Crippen molar-refractivity contribution in [1.82, 2.24) is 25.3 Å². The largest absolute Gasteiger partial charge is 0.488 e. The zero-order valence-electron chi connectivity index (χ0n) is 24.2.